The molecule has 2 aromatic rings. The first-order valence-electron chi connectivity index (χ1n) is 6.47. The molecule has 0 bridgehead atoms. The summed E-state index contributed by atoms with van der Waals surface area (Å²) in [6.07, 6.45) is 2.79. The third-order valence-corrected chi connectivity index (χ3v) is 3.32. The van der Waals surface area contributed by atoms with Crippen molar-refractivity contribution in [2.45, 2.75) is 20.0 Å². The molecule has 0 saturated carbocycles. The summed E-state index contributed by atoms with van der Waals surface area (Å²) in [7, 11) is 0. The second-order valence-corrected chi connectivity index (χ2v) is 5.09. The summed E-state index contributed by atoms with van der Waals surface area (Å²) >= 11 is 12.2. The van der Waals surface area contributed by atoms with Crippen LogP contribution in [0.3, 0.4) is 0 Å². The molecule has 0 aliphatic rings. The van der Waals surface area contributed by atoms with Crippen molar-refractivity contribution in [2.75, 3.05) is 11.9 Å². The van der Waals surface area contributed by atoms with Crippen molar-refractivity contribution >= 4 is 29.0 Å². The summed E-state index contributed by atoms with van der Waals surface area (Å²) in [4.78, 5) is 4.32. The predicted molar refractivity (Wildman–Crippen MR) is 83.8 cm³/mol. The molecule has 1 aromatic heterocycles. The normalized spacial score (nSPS) is 10.3. The van der Waals surface area contributed by atoms with Crippen molar-refractivity contribution in [2.24, 2.45) is 0 Å². The van der Waals surface area contributed by atoms with E-state index in [1.165, 1.54) is 0 Å². The van der Waals surface area contributed by atoms with Crippen LogP contribution < -0.4 is 10.1 Å². The highest BCUT2D eigenvalue weighted by atomic mass is 35.5. The number of pyridine rings is 1. The second kappa shape index (κ2) is 7.36. The zero-order valence-corrected chi connectivity index (χ0v) is 12.7. The maximum absolute atomic E-state index is 6.08. The maximum Gasteiger partial charge on any atom is 0.156 e. The van der Waals surface area contributed by atoms with E-state index in [4.69, 9.17) is 27.9 Å². The van der Waals surface area contributed by atoms with Gasteiger partial charge >= 0.3 is 0 Å². The van der Waals surface area contributed by atoms with E-state index >= 15 is 0 Å². The smallest absolute Gasteiger partial charge is 0.156 e. The van der Waals surface area contributed by atoms with Crippen LogP contribution >= 0.6 is 23.2 Å². The zero-order valence-electron chi connectivity index (χ0n) is 11.2. The van der Waals surface area contributed by atoms with Crippen LogP contribution in [0, 0.1) is 0 Å². The van der Waals surface area contributed by atoms with E-state index in [0.717, 1.165) is 24.3 Å². The lowest BCUT2D eigenvalue weighted by molar-refractivity contribution is 0.307. The van der Waals surface area contributed by atoms with Gasteiger partial charge < -0.3 is 10.1 Å². The number of anilines is 1. The number of hydrogen-bond acceptors (Lipinski definition) is 3. The summed E-state index contributed by atoms with van der Waals surface area (Å²) in [5, 5.41) is 4.28. The van der Waals surface area contributed by atoms with Gasteiger partial charge in [0, 0.05) is 18.3 Å². The average molecular weight is 311 g/mol. The van der Waals surface area contributed by atoms with Crippen molar-refractivity contribution in [3.05, 3.63) is 52.1 Å². The number of nitrogens with zero attached hydrogens (tertiary/aromatic N) is 1. The van der Waals surface area contributed by atoms with Crippen molar-refractivity contribution < 1.29 is 4.74 Å². The highest BCUT2D eigenvalue weighted by molar-refractivity contribution is 6.37. The van der Waals surface area contributed by atoms with Crippen molar-refractivity contribution in [3.8, 4) is 5.75 Å². The van der Waals surface area contributed by atoms with E-state index in [9.17, 15) is 0 Å². The number of para-hydroxylation sites is 1. The molecule has 0 unspecified atom stereocenters. The van der Waals surface area contributed by atoms with Gasteiger partial charge in [0.05, 0.1) is 10.0 Å². The van der Waals surface area contributed by atoms with Gasteiger partial charge in [-0.3, -0.25) is 0 Å². The Morgan fingerprint density at radius 2 is 1.90 bits per heavy atom. The molecule has 3 nitrogen and oxygen atoms in total. The molecule has 0 saturated heterocycles. The minimum Gasteiger partial charge on any atom is -0.486 e. The molecule has 0 atom stereocenters. The van der Waals surface area contributed by atoms with E-state index in [-0.39, 0.29) is 0 Å². The number of nitrogens with one attached hydrogen (secondary N) is 1. The third kappa shape index (κ3) is 3.78. The van der Waals surface area contributed by atoms with E-state index in [2.05, 4.69) is 17.2 Å². The summed E-state index contributed by atoms with van der Waals surface area (Å²) in [5.74, 6) is 1.33. The molecule has 1 N–H and O–H groups in total. The molecule has 1 heterocycles. The fraction of sp³-hybridized carbons (Fsp3) is 0.267. The second-order valence-electron chi connectivity index (χ2n) is 4.28. The monoisotopic (exact) mass is 310 g/mol. The quantitative estimate of drug-likeness (QED) is 0.833. The first kappa shape index (κ1) is 14.9. The van der Waals surface area contributed by atoms with Gasteiger partial charge in [0.1, 0.15) is 12.4 Å². The van der Waals surface area contributed by atoms with Crippen LogP contribution in [-0.2, 0) is 6.61 Å². The molecule has 0 radical (unpaired) electrons. The lowest BCUT2D eigenvalue weighted by Gasteiger charge is -2.13. The van der Waals surface area contributed by atoms with Crippen LogP contribution in [0.25, 0.3) is 0 Å². The zero-order chi connectivity index (χ0) is 14.4. The van der Waals surface area contributed by atoms with Crippen LogP contribution in [0.2, 0.25) is 10.0 Å². The molecule has 0 spiro atoms. The summed E-state index contributed by atoms with van der Waals surface area (Å²) in [5.41, 5.74) is 0.969. The van der Waals surface area contributed by atoms with Crippen LogP contribution in [0.5, 0.6) is 5.75 Å². The molecule has 106 valence electrons. The standard InChI is InChI=1S/C15H16Cl2N2O/c1-2-8-18-15-11(5-4-9-19-15)10-20-14-12(16)6-3-7-13(14)17/h3-7,9H,2,8,10H2,1H3,(H,18,19). The van der Waals surface area contributed by atoms with Gasteiger partial charge in [-0.2, -0.15) is 0 Å². The first-order chi connectivity index (χ1) is 9.72. The minimum absolute atomic E-state index is 0.364. The molecule has 5 heteroatoms. The van der Waals surface area contributed by atoms with E-state index < -0.39 is 0 Å². The van der Waals surface area contributed by atoms with Crippen molar-refractivity contribution in [1.82, 2.24) is 4.98 Å². The van der Waals surface area contributed by atoms with E-state index in [1.54, 1.807) is 24.4 Å². The van der Waals surface area contributed by atoms with Crippen LogP contribution in [0.1, 0.15) is 18.9 Å². The number of ether oxygens (including phenoxy) is 1. The largest absolute Gasteiger partial charge is 0.486 e. The van der Waals surface area contributed by atoms with E-state index in [1.807, 2.05) is 12.1 Å². The third-order valence-electron chi connectivity index (χ3n) is 2.72. The Balaban J connectivity index is 2.11. The van der Waals surface area contributed by atoms with Gasteiger partial charge in [0.25, 0.3) is 0 Å². The Morgan fingerprint density at radius 3 is 2.60 bits per heavy atom. The molecule has 20 heavy (non-hydrogen) atoms. The van der Waals surface area contributed by atoms with E-state index in [0.29, 0.717) is 22.4 Å². The highest BCUT2D eigenvalue weighted by Gasteiger charge is 2.09. The van der Waals surface area contributed by atoms with Gasteiger partial charge in [-0.15, -0.1) is 0 Å². The number of rotatable bonds is 6. The van der Waals surface area contributed by atoms with Crippen LogP contribution in [0.15, 0.2) is 36.5 Å². The summed E-state index contributed by atoms with van der Waals surface area (Å²) < 4.78 is 5.73. The maximum atomic E-state index is 6.08. The molecular formula is C15H16Cl2N2O. The predicted octanol–water partition coefficient (Wildman–Crippen LogP) is 4.79. The SMILES string of the molecule is CCCNc1ncccc1COc1c(Cl)cccc1Cl. The fourth-order valence-electron chi connectivity index (χ4n) is 1.73. The minimum atomic E-state index is 0.364. The van der Waals surface area contributed by atoms with Gasteiger partial charge in [-0.05, 0) is 24.6 Å². The summed E-state index contributed by atoms with van der Waals surface area (Å²) in [6.45, 7) is 3.34. The number of hydrogen-bond donors (Lipinski definition) is 1. The number of halogens is 2. The Bertz CT molecular complexity index is 555. The van der Waals surface area contributed by atoms with Crippen LogP contribution in [-0.4, -0.2) is 11.5 Å². The Hall–Kier alpha value is -1.45. The lowest BCUT2D eigenvalue weighted by Crippen LogP contribution is -2.07. The molecule has 1 aromatic carbocycles. The van der Waals surface area contributed by atoms with Crippen LogP contribution in [0.4, 0.5) is 5.82 Å². The van der Waals surface area contributed by atoms with Gasteiger partial charge in [0.15, 0.2) is 5.75 Å². The first-order valence-corrected chi connectivity index (χ1v) is 7.22. The summed E-state index contributed by atoms with van der Waals surface area (Å²) in [6, 6.07) is 9.14. The molecule has 0 aliphatic carbocycles. The Labute approximate surface area is 128 Å². The van der Waals surface area contributed by atoms with Crippen molar-refractivity contribution in [1.29, 1.82) is 0 Å². The average Bonchev–Trinajstić information content (AvgIpc) is 2.45. The molecule has 0 amide bonds. The highest BCUT2D eigenvalue weighted by Crippen LogP contribution is 2.33. The van der Waals surface area contributed by atoms with Gasteiger partial charge in [0.2, 0.25) is 0 Å². The molecule has 0 aliphatic heterocycles. The molecule has 0 fully saturated rings. The molecular weight excluding hydrogens is 295 g/mol. The van der Waals surface area contributed by atoms with Gasteiger partial charge in [-0.25, -0.2) is 4.98 Å². The Kier molecular flexibility index (Phi) is 5.50. The van der Waals surface area contributed by atoms with Crippen molar-refractivity contribution in [3.63, 3.8) is 0 Å². The number of aromatic nitrogens is 1. The van der Waals surface area contributed by atoms with Gasteiger partial charge in [-0.1, -0.05) is 42.3 Å². The topological polar surface area (TPSA) is 34.2 Å². The lowest BCUT2D eigenvalue weighted by atomic mass is 10.2. The Morgan fingerprint density at radius 1 is 1.15 bits per heavy atom. The molecule has 2 rings (SSSR count). The fourth-order valence-corrected chi connectivity index (χ4v) is 2.23. The number of benzene rings is 1.